The molecule has 0 spiro atoms. The fourth-order valence-corrected chi connectivity index (χ4v) is 1.72. The number of hydrogen-bond acceptors (Lipinski definition) is 4. The van der Waals surface area contributed by atoms with Gasteiger partial charge < -0.3 is 10.1 Å². The third kappa shape index (κ3) is 5.89. The highest BCUT2D eigenvalue weighted by Crippen LogP contribution is 2.26. The van der Waals surface area contributed by atoms with Crippen LogP contribution in [-0.2, 0) is 4.74 Å². The van der Waals surface area contributed by atoms with Crippen LogP contribution in [0.2, 0.25) is 5.02 Å². The number of halogens is 1. The van der Waals surface area contributed by atoms with E-state index in [0.29, 0.717) is 23.2 Å². The van der Waals surface area contributed by atoms with Gasteiger partial charge in [-0.2, -0.15) is 0 Å². The summed E-state index contributed by atoms with van der Waals surface area (Å²) >= 11 is 5.96. The molecule has 0 aromatic heterocycles. The zero-order chi connectivity index (χ0) is 14.3. The molecule has 0 saturated heterocycles. The molecule has 0 unspecified atom stereocenters. The van der Waals surface area contributed by atoms with Gasteiger partial charge in [0.05, 0.1) is 15.6 Å². The third-order valence-corrected chi connectivity index (χ3v) is 2.71. The molecule has 0 saturated carbocycles. The van der Waals surface area contributed by atoms with E-state index in [1.807, 2.05) is 0 Å². The average Bonchev–Trinajstić information content (AvgIpc) is 2.34. The van der Waals surface area contributed by atoms with Crippen LogP contribution in [0.15, 0.2) is 18.2 Å². The van der Waals surface area contributed by atoms with Gasteiger partial charge in [-0.25, -0.2) is 0 Å². The van der Waals surface area contributed by atoms with Crippen molar-refractivity contribution in [3.63, 3.8) is 0 Å². The highest BCUT2D eigenvalue weighted by atomic mass is 35.5. The number of nitro groups is 1. The molecule has 0 bridgehead atoms. The van der Waals surface area contributed by atoms with Gasteiger partial charge in [0.15, 0.2) is 0 Å². The van der Waals surface area contributed by atoms with Crippen LogP contribution < -0.4 is 5.32 Å². The molecule has 0 atom stereocenters. The van der Waals surface area contributed by atoms with E-state index in [1.54, 1.807) is 6.07 Å². The van der Waals surface area contributed by atoms with Crippen LogP contribution in [0.25, 0.3) is 0 Å². The minimum Gasteiger partial charge on any atom is -0.384 e. The van der Waals surface area contributed by atoms with Crippen LogP contribution in [0.1, 0.15) is 20.3 Å². The van der Waals surface area contributed by atoms with Crippen molar-refractivity contribution in [3.8, 4) is 0 Å². The minimum absolute atomic E-state index is 0.00387. The molecule has 6 heteroatoms. The summed E-state index contributed by atoms with van der Waals surface area (Å²) in [6.07, 6.45) is 0.861. The van der Waals surface area contributed by atoms with Gasteiger partial charge in [0.25, 0.3) is 5.69 Å². The lowest BCUT2D eigenvalue weighted by Crippen LogP contribution is -2.08. The van der Waals surface area contributed by atoms with Gasteiger partial charge in [-0.3, -0.25) is 10.1 Å². The first kappa shape index (κ1) is 15.7. The molecule has 0 aliphatic carbocycles. The second-order valence-corrected chi connectivity index (χ2v) is 5.08. The van der Waals surface area contributed by atoms with E-state index < -0.39 is 4.92 Å². The topological polar surface area (TPSA) is 64.4 Å². The summed E-state index contributed by atoms with van der Waals surface area (Å²) in [7, 11) is 0. The summed E-state index contributed by atoms with van der Waals surface area (Å²) in [6.45, 7) is 6.38. The maximum absolute atomic E-state index is 10.6. The molecule has 0 aliphatic rings. The average molecular weight is 287 g/mol. The van der Waals surface area contributed by atoms with Gasteiger partial charge in [-0.1, -0.05) is 25.4 Å². The maximum Gasteiger partial charge on any atom is 0.271 e. The number of ether oxygens (including phenoxy) is 1. The van der Waals surface area contributed by atoms with Gasteiger partial charge in [0, 0.05) is 31.9 Å². The highest BCUT2D eigenvalue weighted by molar-refractivity contribution is 6.33. The van der Waals surface area contributed by atoms with Crippen LogP contribution in [0.3, 0.4) is 0 Å². The Labute approximate surface area is 118 Å². The van der Waals surface area contributed by atoms with Gasteiger partial charge in [0.2, 0.25) is 0 Å². The van der Waals surface area contributed by atoms with Crippen LogP contribution in [0, 0.1) is 16.0 Å². The normalized spacial score (nSPS) is 10.7. The molecule has 1 N–H and O–H groups in total. The second-order valence-electron chi connectivity index (χ2n) is 4.67. The summed E-state index contributed by atoms with van der Waals surface area (Å²) < 4.78 is 5.45. The molecule has 0 heterocycles. The van der Waals surface area contributed by atoms with Crippen LogP contribution in [0.4, 0.5) is 11.4 Å². The predicted octanol–water partition coefficient (Wildman–Crippen LogP) is 3.72. The van der Waals surface area contributed by atoms with Crippen molar-refractivity contribution in [2.45, 2.75) is 20.3 Å². The molecule has 1 aromatic rings. The lowest BCUT2D eigenvalue weighted by molar-refractivity contribution is -0.384. The Bertz CT molecular complexity index is 424. The summed E-state index contributed by atoms with van der Waals surface area (Å²) in [6, 6.07) is 4.40. The zero-order valence-corrected chi connectivity index (χ0v) is 11.9. The van der Waals surface area contributed by atoms with E-state index in [4.69, 9.17) is 16.3 Å². The number of nitro benzene ring substituents is 1. The number of non-ortho nitro benzene ring substituents is 1. The van der Waals surface area contributed by atoms with Crippen LogP contribution >= 0.6 is 11.6 Å². The first-order chi connectivity index (χ1) is 9.00. The van der Waals surface area contributed by atoms with E-state index >= 15 is 0 Å². The van der Waals surface area contributed by atoms with Crippen molar-refractivity contribution < 1.29 is 9.66 Å². The van der Waals surface area contributed by atoms with Gasteiger partial charge in [0.1, 0.15) is 0 Å². The van der Waals surface area contributed by atoms with Crippen molar-refractivity contribution in [2.24, 2.45) is 5.92 Å². The summed E-state index contributed by atoms with van der Waals surface area (Å²) in [5.74, 6) is 0.539. The van der Waals surface area contributed by atoms with Crippen LogP contribution in [0.5, 0.6) is 0 Å². The SMILES string of the molecule is CC(C)COCCCNc1ccc([N+](=O)[O-])cc1Cl. The maximum atomic E-state index is 10.6. The molecule has 1 aromatic carbocycles. The van der Waals surface area contributed by atoms with E-state index in [9.17, 15) is 10.1 Å². The predicted molar refractivity (Wildman–Crippen MR) is 76.9 cm³/mol. The molecule has 5 nitrogen and oxygen atoms in total. The number of nitrogens with zero attached hydrogens (tertiary/aromatic N) is 1. The van der Waals surface area contributed by atoms with Crippen molar-refractivity contribution in [2.75, 3.05) is 25.1 Å². The monoisotopic (exact) mass is 286 g/mol. The Hall–Kier alpha value is -1.33. The fraction of sp³-hybridized carbons (Fsp3) is 0.538. The van der Waals surface area contributed by atoms with Gasteiger partial charge in [-0.15, -0.1) is 0 Å². The van der Waals surface area contributed by atoms with Gasteiger partial charge >= 0.3 is 0 Å². The van der Waals surface area contributed by atoms with Crippen molar-refractivity contribution >= 4 is 23.0 Å². The Balaban J connectivity index is 2.32. The minimum atomic E-state index is -0.463. The first-order valence-electron chi connectivity index (χ1n) is 6.26. The number of rotatable bonds is 8. The third-order valence-electron chi connectivity index (χ3n) is 2.40. The molecule has 106 valence electrons. The zero-order valence-electron chi connectivity index (χ0n) is 11.2. The molecular formula is C13H19ClN2O3. The molecule has 0 radical (unpaired) electrons. The van der Waals surface area contributed by atoms with E-state index in [0.717, 1.165) is 19.6 Å². The standard InChI is InChI=1S/C13H19ClN2O3/c1-10(2)9-19-7-3-6-15-13-5-4-11(16(17)18)8-12(13)14/h4-5,8,10,15H,3,6-7,9H2,1-2H3. The summed E-state index contributed by atoms with van der Waals surface area (Å²) in [4.78, 5) is 10.1. The molecule has 0 amide bonds. The molecule has 1 rings (SSSR count). The number of benzene rings is 1. The Morgan fingerprint density at radius 1 is 1.47 bits per heavy atom. The number of nitrogens with one attached hydrogen (secondary N) is 1. The summed E-state index contributed by atoms with van der Waals surface area (Å²) in [5.41, 5.74) is 0.701. The van der Waals surface area contributed by atoms with E-state index in [1.165, 1.54) is 12.1 Å². The van der Waals surface area contributed by atoms with E-state index in [2.05, 4.69) is 19.2 Å². The quantitative estimate of drug-likeness (QED) is 0.449. The lowest BCUT2D eigenvalue weighted by Gasteiger charge is -2.09. The molecule has 0 aliphatic heterocycles. The molecular weight excluding hydrogens is 268 g/mol. The smallest absolute Gasteiger partial charge is 0.271 e. The highest BCUT2D eigenvalue weighted by Gasteiger charge is 2.08. The van der Waals surface area contributed by atoms with E-state index in [-0.39, 0.29) is 5.69 Å². The molecule has 19 heavy (non-hydrogen) atoms. The molecule has 0 fully saturated rings. The van der Waals surface area contributed by atoms with Crippen LogP contribution in [-0.4, -0.2) is 24.7 Å². The Morgan fingerprint density at radius 2 is 2.21 bits per heavy atom. The van der Waals surface area contributed by atoms with Crippen molar-refractivity contribution in [3.05, 3.63) is 33.3 Å². The number of anilines is 1. The fourth-order valence-electron chi connectivity index (χ4n) is 1.48. The Morgan fingerprint density at radius 3 is 2.79 bits per heavy atom. The lowest BCUT2D eigenvalue weighted by atomic mass is 10.2. The number of hydrogen-bond donors (Lipinski definition) is 1. The first-order valence-corrected chi connectivity index (χ1v) is 6.64. The van der Waals surface area contributed by atoms with Gasteiger partial charge in [-0.05, 0) is 18.4 Å². The van der Waals surface area contributed by atoms with Crippen molar-refractivity contribution in [1.29, 1.82) is 0 Å². The second kappa shape index (κ2) is 7.96. The van der Waals surface area contributed by atoms with Crippen molar-refractivity contribution in [1.82, 2.24) is 0 Å². The summed E-state index contributed by atoms with van der Waals surface area (Å²) in [5, 5.41) is 14.1. The largest absolute Gasteiger partial charge is 0.384 e. The Kier molecular flexibility index (Phi) is 6.59.